The molecule has 0 spiro atoms. The van der Waals surface area contributed by atoms with Crippen molar-refractivity contribution >= 4 is 26.7 Å². The van der Waals surface area contributed by atoms with Crippen molar-refractivity contribution in [2.24, 2.45) is 0 Å². The average Bonchev–Trinajstić information content (AvgIpc) is 3.30. The summed E-state index contributed by atoms with van der Waals surface area (Å²) in [5, 5.41) is 5.54. The predicted molar refractivity (Wildman–Crippen MR) is 125 cm³/mol. The molecule has 0 bridgehead atoms. The molecule has 0 atom stereocenters. The van der Waals surface area contributed by atoms with Crippen LogP contribution in [0.1, 0.15) is 12.5 Å². The van der Waals surface area contributed by atoms with Crippen LogP contribution >= 0.6 is 15.9 Å². The van der Waals surface area contributed by atoms with E-state index in [2.05, 4.69) is 33.0 Å². The van der Waals surface area contributed by atoms with E-state index < -0.39 is 0 Å². The van der Waals surface area contributed by atoms with Gasteiger partial charge in [-0.3, -0.25) is 9.36 Å². The summed E-state index contributed by atoms with van der Waals surface area (Å²) >= 11 is 3.47. The monoisotopic (exact) mass is 471 g/mol. The lowest BCUT2D eigenvalue weighted by atomic mass is 10.1. The van der Waals surface area contributed by atoms with Crippen molar-refractivity contribution in [1.29, 1.82) is 0 Å². The molecule has 5 nitrogen and oxygen atoms in total. The summed E-state index contributed by atoms with van der Waals surface area (Å²) in [6.07, 6.45) is 2.72. The van der Waals surface area contributed by atoms with E-state index in [0.29, 0.717) is 22.7 Å². The van der Waals surface area contributed by atoms with Gasteiger partial charge in [-0.2, -0.15) is 4.98 Å². The van der Waals surface area contributed by atoms with Gasteiger partial charge in [-0.15, -0.1) is 0 Å². The highest BCUT2D eigenvalue weighted by atomic mass is 79.9. The Balaban J connectivity index is 1.70. The highest BCUT2D eigenvalue weighted by molar-refractivity contribution is 9.10. The normalized spacial score (nSPS) is 11.2. The first kappa shape index (κ1) is 19.5. The van der Waals surface area contributed by atoms with Gasteiger partial charge >= 0.3 is 0 Å². The van der Waals surface area contributed by atoms with Crippen LogP contribution in [0.2, 0.25) is 0 Å². The molecular formula is C25H18BrN3O2. The van der Waals surface area contributed by atoms with Gasteiger partial charge in [0.15, 0.2) is 0 Å². The van der Waals surface area contributed by atoms with Gasteiger partial charge in [0.1, 0.15) is 0 Å². The number of pyridine rings is 1. The molecule has 2 aromatic heterocycles. The van der Waals surface area contributed by atoms with Gasteiger partial charge in [0.25, 0.3) is 11.4 Å². The molecule has 0 saturated heterocycles. The molecule has 6 heteroatoms. The van der Waals surface area contributed by atoms with E-state index in [4.69, 9.17) is 4.52 Å². The minimum atomic E-state index is -0.0877. The topological polar surface area (TPSA) is 60.9 Å². The smallest absolute Gasteiger partial charge is 0.262 e. The van der Waals surface area contributed by atoms with Crippen molar-refractivity contribution in [3.05, 3.63) is 99.4 Å². The zero-order chi connectivity index (χ0) is 21.4. The van der Waals surface area contributed by atoms with Crippen molar-refractivity contribution in [3.63, 3.8) is 0 Å². The summed E-state index contributed by atoms with van der Waals surface area (Å²) in [4.78, 5) is 17.8. The molecule has 3 aromatic carbocycles. The molecule has 0 saturated carbocycles. The van der Waals surface area contributed by atoms with Gasteiger partial charge in [0, 0.05) is 32.7 Å². The first-order valence-corrected chi connectivity index (χ1v) is 10.8. The highest BCUT2D eigenvalue weighted by Gasteiger charge is 2.17. The number of hydrogen-bond acceptors (Lipinski definition) is 4. The lowest BCUT2D eigenvalue weighted by Gasteiger charge is -2.11. The van der Waals surface area contributed by atoms with E-state index in [9.17, 15) is 4.79 Å². The first-order chi connectivity index (χ1) is 15.1. The van der Waals surface area contributed by atoms with E-state index in [0.717, 1.165) is 27.5 Å². The molecule has 0 N–H and O–H groups in total. The summed E-state index contributed by atoms with van der Waals surface area (Å²) < 4.78 is 8.20. The molecule has 31 heavy (non-hydrogen) atoms. The molecule has 0 aliphatic carbocycles. The lowest BCUT2D eigenvalue weighted by molar-refractivity contribution is 0.432. The largest absolute Gasteiger partial charge is 0.334 e. The number of halogens is 1. The van der Waals surface area contributed by atoms with Crippen molar-refractivity contribution in [2.75, 3.05) is 0 Å². The van der Waals surface area contributed by atoms with Crippen molar-refractivity contribution in [3.8, 4) is 28.5 Å². The number of rotatable bonds is 4. The van der Waals surface area contributed by atoms with Gasteiger partial charge in [0.2, 0.25) is 5.82 Å². The summed E-state index contributed by atoms with van der Waals surface area (Å²) in [6, 6.07) is 23.2. The Morgan fingerprint density at radius 1 is 0.968 bits per heavy atom. The summed E-state index contributed by atoms with van der Waals surface area (Å²) in [5.41, 5.74) is 3.48. The molecular weight excluding hydrogens is 454 g/mol. The summed E-state index contributed by atoms with van der Waals surface area (Å²) in [7, 11) is 0. The van der Waals surface area contributed by atoms with Crippen LogP contribution in [0, 0.1) is 0 Å². The molecule has 5 rings (SSSR count). The fourth-order valence-electron chi connectivity index (χ4n) is 3.62. The number of fused-ring (bicyclic) bond motifs is 1. The third-order valence-electron chi connectivity index (χ3n) is 5.29. The summed E-state index contributed by atoms with van der Waals surface area (Å²) in [5.74, 6) is 0.857. The maximum atomic E-state index is 13.2. The number of hydrogen-bond donors (Lipinski definition) is 0. The molecule has 0 amide bonds. The fraction of sp³-hybridized carbons (Fsp3) is 0.0800. The maximum absolute atomic E-state index is 13.2. The van der Waals surface area contributed by atoms with Crippen LogP contribution in [-0.2, 0) is 6.42 Å². The van der Waals surface area contributed by atoms with E-state index in [-0.39, 0.29) is 5.56 Å². The maximum Gasteiger partial charge on any atom is 0.262 e. The van der Waals surface area contributed by atoms with Crippen LogP contribution in [0.25, 0.3) is 39.3 Å². The quantitative estimate of drug-likeness (QED) is 0.320. The zero-order valence-electron chi connectivity index (χ0n) is 16.7. The molecule has 0 radical (unpaired) electrons. The molecule has 2 heterocycles. The average molecular weight is 472 g/mol. The van der Waals surface area contributed by atoms with Crippen LogP contribution in [0.5, 0.6) is 0 Å². The van der Waals surface area contributed by atoms with Crippen LogP contribution in [0.3, 0.4) is 0 Å². The number of aromatic nitrogens is 3. The molecule has 0 aliphatic heterocycles. The van der Waals surface area contributed by atoms with E-state index in [1.165, 1.54) is 5.56 Å². The van der Waals surface area contributed by atoms with Crippen LogP contribution in [0.4, 0.5) is 0 Å². The highest BCUT2D eigenvalue weighted by Crippen LogP contribution is 2.29. The fourth-order valence-corrected chi connectivity index (χ4v) is 4.02. The second-order valence-corrected chi connectivity index (χ2v) is 8.13. The number of nitrogens with zero attached hydrogens (tertiary/aromatic N) is 3. The van der Waals surface area contributed by atoms with E-state index in [1.807, 2.05) is 72.8 Å². The molecule has 0 fully saturated rings. The van der Waals surface area contributed by atoms with Gasteiger partial charge in [0.05, 0.1) is 5.56 Å². The lowest BCUT2D eigenvalue weighted by Crippen LogP contribution is -2.18. The van der Waals surface area contributed by atoms with Gasteiger partial charge in [-0.25, -0.2) is 0 Å². The van der Waals surface area contributed by atoms with Crippen molar-refractivity contribution in [1.82, 2.24) is 14.7 Å². The third kappa shape index (κ3) is 3.59. The molecule has 0 unspecified atom stereocenters. The Labute approximate surface area is 187 Å². The molecule has 152 valence electrons. The van der Waals surface area contributed by atoms with Crippen LogP contribution in [0.15, 0.2) is 92.8 Å². The molecule has 5 aromatic rings. The third-order valence-corrected chi connectivity index (χ3v) is 5.78. The Bertz CT molecular complexity index is 1450. The SMILES string of the molecule is CCc1ccc(-n2cc(-c3nc(-c4cccc(Br)c4)no3)c3ccccc3c2=O)cc1. The first-order valence-electron chi connectivity index (χ1n) is 9.98. The second kappa shape index (κ2) is 7.96. The van der Waals surface area contributed by atoms with E-state index in [1.54, 1.807) is 10.8 Å². The Hall–Kier alpha value is -3.51. The van der Waals surface area contributed by atoms with Gasteiger partial charge in [-0.05, 0) is 42.3 Å². The minimum Gasteiger partial charge on any atom is -0.334 e. The number of benzene rings is 3. The predicted octanol–water partition coefficient (Wildman–Crippen LogP) is 6.03. The standard InChI is InChI=1S/C25H18BrN3O2/c1-2-16-10-12-19(13-11-16)29-15-22(20-8-3-4-9-21(20)25(29)30)24-27-23(28-31-24)17-6-5-7-18(26)14-17/h3-15H,2H2,1H3. The van der Waals surface area contributed by atoms with Crippen LogP contribution in [-0.4, -0.2) is 14.7 Å². The summed E-state index contributed by atoms with van der Waals surface area (Å²) in [6.45, 7) is 2.10. The Morgan fingerprint density at radius 2 is 1.74 bits per heavy atom. The second-order valence-electron chi connectivity index (χ2n) is 7.22. The Kier molecular flexibility index (Phi) is 5.00. The van der Waals surface area contributed by atoms with E-state index >= 15 is 0 Å². The van der Waals surface area contributed by atoms with Crippen LogP contribution < -0.4 is 5.56 Å². The zero-order valence-corrected chi connectivity index (χ0v) is 18.3. The number of aryl methyl sites for hydroxylation is 1. The van der Waals surface area contributed by atoms with Crippen molar-refractivity contribution in [2.45, 2.75) is 13.3 Å². The van der Waals surface area contributed by atoms with Gasteiger partial charge in [-0.1, -0.05) is 70.5 Å². The van der Waals surface area contributed by atoms with Crippen molar-refractivity contribution < 1.29 is 4.52 Å². The minimum absolute atomic E-state index is 0.0877. The molecule has 0 aliphatic rings. The van der Waals surface area contributed by atoms with Gasteiger partial charge < -0.3 is 4.52 Å². The Morgan fingerprint density at radius 3 is 2.48 bits per heavy atom.